The lowest BCUT2D eigenvalue weighted by Crippen LogP contribution is -2.39. The van der Waals surface area contributed by atoms with Crippen molar-refractivity contribution < 1.29 is 14.2 Å². The van der Waals surface area contributed by atoms with Gasteiger partial charge in [-0.25, -0.2) is 0 Å². The number of nitrogens with one attached hydrogen (secondary N) is 1. The maximum Gasteiger partial charge on any atom is 0.0756 e. The first kappa shape index (κ1) is 12.3. The highest BCUT2D eigenvalue weighted by molar-refractivity contribution is 4.93. The summed E-state index contributed by atoms with van der Waals surface area (Å²) in [5.41, 5.74) is 0. The number of hydrogen-bond acceptors (Lipinski definition) is 4. The molecule has 4 nitrogen and oxygen atoms in total. The van der Waals surface area contributed by atoms with Crippen molar-refractivity contribution in [3.63, 3.8) is 0 Å². The first-order valence-corrected chi connectivity index (χ1v) is 6.33. The van der Waals surface area contributed by atoms with Gasteiger partial charge in [-0.2, -0.15) is 0 Å². The summed E-state index contributed by atoms with van der Waals surface area (Å²) in [7, 11) is 1.69. The van der Waals surface area contributed by atoms with Gasteiger partial charge in [0, 0.05) is 26.3 Å². The van der Waals surface area contributed by atoms with E-state index in [-0.39, 0.29) is 0 Å². The van der Waals surface area contributed by atoms with E-state index in [1.807, 2.05) is 0 Å². The van der Waals surface area contributed by atoms with E-state index in [0.29, 0.717) is 25.4 Å². The highest BCUT2D eigenvalue weighted by Crippen LogP contribution is 2.38. The maximum atomic E-state index is 5.76. The van der Waals surface area contributed by atoms with Gasteiger partial charge in [-0.15, -0.1) is 0 Å². The minimum atomic E-state index is 0.471. The summed E-state index contributed by atoms with van der Waals surface area (Å²) in [6, 6.07) is 0.554. The first-order chi connectivity index (χ1) is 7.92. The van der Waals surface area contributed by atoms with E-state index < -0.39 is 0 Å². The Hall–Kier alpha value is -0.160. The van der Waals surface area contributed by atoms with Crippen LogP contribution in [-0.4, -0.2) is 52.2 Å². The van der Waals surface area contributed by atoms with Gasteiger partial charge in [0.25, 0.3) is 0 Å². The topological polar surface area (TPSA) is 39.7 Å². The lowest BCUT2D eigenvalue weighted by atomic mass is 10.1. The molecule has 1 N–H and O–H groups in total. The minimum Gasteiger partial charge on any atom is -0.382 e. The average Bonchev–Trinajstić information content (AvgIpc) is 3.04. The van der Waals surface area contributed by atoms with Crippen molar-refractivity contribution in [3.8, 4) is 0 Å². The van der Waals surface area contributed by atoms with E-state index in [0.717, 1.165) is 32.1 Å². The summed E-state index contributed by atoms with van der Waals surface area (Å²) in [4.78, 5) is 0. The SMILES string of the molecule is COCCOCCNC1CCOC1C1CC1. The van der Waals surface area contributed by atoms with Crippen LogP contribution >= 0.6 is 0 Å². The molecule has 2 fully saturated rings. The second-order valence-corrected chi connectivity index (χ2v) is 4.63. The molecule has 0 aromatic heterocycles. The summed E-state index contributed by atoms with van der Waals surface area (Å²) in [6.45, 7) is 3.96. The van der Waals surface area contributed by atoms with Crippen LogP contribution in [0.25, 0.3) is 0 Å². The Morgan fingerprint density at radius 2 is 2.06 bits per heavy atom. The van der Waals surface area contributed by atoms with Gasteiger partial charge in [-0.05, 0) is 25.2 Å². The summed E-state index contributed by atoms with van der Waals surface area (Å²) in [5.74, 6) is 0.828. The van der Waals surface area contributed by atoms with Crippen molar-refractivity contribution >= 4 is 0 Å². The van der Waals surface area contributed by atoms with E-state index in [4.69, 9.17) is 14.2 Å². The second-order valence-electron chi connectivity index (χ2n) is 4.63. The Morgan fingerprint density at radius 1 is 1.19 bits per heavy atom. The van der Waals surface area contributed by atoms with Gasteiger partial charge in [0.1, 0.15) is 0 Å². The highest BCUT2D eigenvalue weighted by atomic mass is 16.5. The van der Waals surface area contributed by atoms with Gasteiger partial charge in [0.15, 0.2) is 0 Å². The highest BCUT2D eigenvalue weighted by Gasteiger charge is 2.40. The van der Waals surface area contributed by atoms with E-state index >= 15 is 0 Å². The lowest BCUT2D eigenvalue weighted by molar-refractivity contribution is 0.0632. The number of rotatable bonds is 8. The quantitative estimate of drug-likeness (QED) is 0.625. The summed E-state index contributed by atoms with van der Waals surface area (Å²) in [6.07, 6.45) is 4.33. The molecule has 0 spiro atoms. The Bertz CT molecular complexity index is 197. The number of ether oxygens (including phenoxy) is 3. The van der Waals surface area contributed by atoms with E-state index in [1.54, 1.807) is 7.11 Å². The smallest absolute Gasteiger partial charge is 0.0756 e. The van der Waals surface area contributed by atoms with Crippen molar-refractivity contribution in [1.82, 2.24) is 5.32 Å². The van der Waals surface area contributed by atoms with Crippen molar-refractivity contribution in [3.05, 3.63) is 0 Å². The molecule has 0 bridgehead atoms. The molecule has 1 heterocycles. The van der Waals surface area contributed by atoms with Gasteiger partial charge in [-0.3, -0.25) is 0 Å². The number of methoxy groups -OCH3 is 1. The molecule has 0 amide bonds. The van der Waals surface area contributed by atoms with Crippen molar-refractivity contribution in [2.75, 3.05) is 40.1 Å². The molecule has 2 rings (SSSR count). The van der Waals surface area contributed by atoms with Crippen LogP contribution in [0.5, 0.6) is 0 Å². The zero-order valence-corrected chi connectivity index (χ0v) is 10.1. The first-order valence-electron chi connectivity index (χ1n) is 6.33. The predicted octanol–water partition coefficient (Wildman–Crippen LogP) is 0.806. The van der Waals surface area contributed by atoms with E-state index in [1.165, 1.54) is 12.8 Å². The molecule has 2 unspecified atom stereocenters. The molecule has 1 aliphatic heterocycles. The Labute approximate surface area is 97.6 Å². The average molecular weight is 229 g/mol. The maximum absolute atomic E-state index is 5.76. The molecule has 16 heavy (non-hydrogen) atoms. The molecular weight excluding hydrogens is 206 g/mol. The van der Waals surface area contributed by atoms with Gasteiger partial charge in [-0.1, -0.05) is 0 Å². The fraction of sp³-hybridized carbons (Fsp3) is 1.00. The summed E-state index contributed by atoms with van der Waals surface area (Å²) in [5, 5.41) is 3.54. The molecule has 1 aliphatic carbocycles. The van der Waals surface area contributed by atoms with Gasteiger partial charge >= 0.3 is 0 Å². The van der Waals surface area contributed by atoms with Crippen LogP contribution in [0.4, 0.5) is 0 Å². The monoisotopic (exact) mass is 229 g/mol. The van der Waals surface area contributed by atoms with Crippen LogP contribution in [0.15, 0.2) is 0 Å². The van der Waals surface area contributed by atoms with Crippen LogP contribution in [-0.2, 0) is 14.2 Å². The molecular formula is C12H23NO3. The lowest BCUT2D eigenvalue weighted by Gasteiger charge is -2.19. The second kappa shape index (κ2) is 6.55. The standard InChI is InChI=1S/C12H23NO3/c1-14-8-9-15-7-5-13-11-4-6-16-12(11)10-2-3-10/h10-13H,2-9H2,1H3. The van der Waals surface area contributed by atoms with Gasteiger partial charge in [0.05, 0.1) is 25.9 Å². The molecule has 94 valence electrons. The summed E-state index contributed by atoms with van der Waals surface area (Å²) < 4.78 is 16.1. The van der Waals surface area contributed by atoms with E-state index in [2.05, 4.69) is 5.32 Å². The fourth-order valence-electron chi connectivity index (χ4n) is 2.28. The van der Waals surface area contributed by atoms with Crippen LogP contribution in [0.1, 0.15) is 19.3 Å². The normalized spacial score (nSPS) is 29.8. The molecule has 1 saturated heterocycles. The van der Waals surface area contributed by atoms with Crippen molar-refractivity contribution in [2.24, 2.45) is 5.92 Å². The molecule has 4 heteroatoms. The zero-order chi connectivity index (χ0) is 11.2. The molecule has 1 saturated carbocycles. The third-order valence-electron chi connectivity index (χ3n) is 3.31. The Morgan fingerprint density at radius 3 is 2.81 bits per heavy atom. The molecule has 0 radical (unpaired) electrons. The van der Waals surface area contributed by atoms with Gasteiger partial charge in [0.2, 0.25) is 0 Å². The predicted molar refractivity (Wildman–Crippen MR) is 61.6 cm³/mol. The van der Waals surface area contributed by atoms with Crippen LogP contribution in [0.3, 0.4) is 0 Å². The number of hydrogen-bond donors (Lipinski definition) is 1. The van der Waals surface area contributed by atoms with Gasteiger partial charge < -0.3 is 19.5 Å². The third kappa shape index (κ3) is 3.70. The van der Waals surface area contributed by atoms with Crippen molar-refractivity contribution in [1.29, 1.82) is 0 Å². The van der Waals surface area contributed by atoms with Crippen LogP contribution in [0.2, 0.25) is 0 Å². The molecule has 0 aromatic rings. The van der Waals surface area contributed by atoms with Crippen LogP contribution in [0, 0.1) is 5.92 Å². The van der Waals surface area contributed by atoms with E-state index in [9.17, 15) is 0 Å². The Kier molecular flexibility index (Phi) is 5.03. The van der Waals surface area contributed by atoms with Crippen LogP contribution < -0.4 is 5.32 Å². The molecule has 2 atom stereocenters. The summed E-state index contributed by atoms with van der Waals surface area (Å²) >= 11 is 0. The Balaban J connectivity index is 1.51. The minimum absolute atomic E-state index is 0.471. The van der Waals surface area contributed by atoms with Crippen molar-refractivity contribution in [2.45, 2.75) is 31.4 Å². The zero-order valence-electron chi connectivity index (χ0n) is 10.1. The third-order valence-corrected chi connectivity index (χ3v) is 3.31. The molecule has 2 aliphatic rings. The largest absolute Gasteiger partial charge is 0.382 e. The molecule has 0 aromatic carbocycles. The fourth-order valence-corrected chi connectivity index (χ4v) is 2.28.